The minimum absolute atomic E-state index is 0.210. The van der Waals surface area contributed by atoms with Gasteiger partial charge in [0.1, 0.15) is 0 Å². The van der Waals surface area contributed by atoms with Crippen LogP contribution >= 0.6 is 22.0 Å². The maximum atomic E-state index is 11.4. The number of nitrogens with zero attached hydrogens (tertiary/aromatic N) is 3. The molecule has 0 bridgehead atoms. The van der Waals surface area contributed by atoms with Crippen LogP contribution in [0.4, 0.5) is 0 Å². The van der Waals surface area contributed by atoms with Gasteiger partial charge in [-0.2, -0.15) is 0 Å². The van der Waals surface area contributed by atoms with Gasteiger partial charge >= 0.3 is 0 Å². The van der Waals surface area contributed by atoms with Crippen molar-refractivity contribution in [1.82, 2.24) is 14.8 Å². The highest BCUT2D eigenvalue weighted by molar-refractivity contribution is 8.13. The molecule has 5 nitrogen and oxygen atoms in total. The summed E-state index contributed by atoms with van der Waals surface area (Å²) in [4.78, 5) is 2.34. The van der Waals surface area contributed by atoms with E-state index in [0.29, 0.717) is 5.82 Å². The van der Waals surface area contributed by atoms with Crippen molar-refractivity contribution in [2.24, 2.45) is 7.05 Å². The second kappa shape index (κ2) is 5.13. The van der Waals surface area contributed by atoms with E-state index in [1.807, 2.05) is 0 Å². The third-order valence-electron chi connectivity index (χ3n) is 3.52. The Hall–Kier alpha value is -0.920. The molecule has 0 saturated carbocycles. The van der Waals surface area contributed by atoms with Gasteiger partial charge < -0.3 is 0 Å². The van der Waals surface area contributed by atoms with Crippen LogP contribution < -0.4 is 0 Å². The zero-order valence-electron chi connectivity index (χ0n) is 11.0. The minimum atomic E-state index is -3.86. The van der Waals surface area contributed by atoms with E-state index in [4.69, 9.17) is 10.7 Å². The van der Waals surface area contributed by atoms with Gasteiger partial charge in [-0.15, -0.1) is 21.5 Å². The van der Waals surface area contributed by atoms with Crippen LogP contribution in [0.1, 0.15) is 29.7 Å². The largest absolute Gasteiger partial charge is 0.299 e. The zero-order valence-corrected chi connectivity index (χ0v) is 13.4. The summed E-state index contributed by atoms with van der Waals surface area (Å²) in [6.45, 7) is 0. The van der Waals surface area contributed by atoms with E-state index in [0.717, 1.165) is 17.7 Å². The van der Waals surface area contributed by atoms with Crippen molar-refractivity contribution < 1.29 is 8.42 Å². The summed E-state index contributed by atoms with van der Waals surface area (Å²) in [7, 11) is 3.10. The van der Waals surface area contributed by atoms with E-state index in [1.165, 1.54) is 34.3 Å². The molecule has 0 radical (unpaired) electrons. The Morgan fingerprint density at radius 3 is 2.70 bits per heavy atom. The zero-order chi connectivity index (χ0) is 14.3. The fourth-order valence-electron chi connectivity index (χ4n) is 2.52. The Kier molecular flexibility index (Phi) is 3.60. The van der Waals surface area contributed by atoms with Gasteiger partial charge in [-0.3, -0.25) is 4.57 Å². The number of aryl methyl sites for hydroxylation is 2. The molecule has 0 saturated heterocycles. The molecule has 2 aromatic heterocycles. The van der Waals surface area contributed by atoms with Crippen LogP contribution in [0.15, 0.2) is 11.2 Å². The van der Waals surface area contributed by atoms with Gasteiger partial charge in [-0.1, -0.05) is 6.42 Å². The molecule has 20 heavy (non-hydrogen) atoms. The summed E-state index contributed by atoms with van der Waals surface area (Å²) in [5.41, 5.74) is 1.36. The molecular weight excluding hydrogens is 318 g/mol. The SMILES string of the molecule is Cn1c(-c2cc3c(s2)CCCCC3)nnc1S(=O)(=O)Cl. The maximum Gasteiger partial charge on any atom is 0.296 e. The van der Waals surface area contributed by atoms with E-state index in [9.17, 15) is 8.42 Å². The number of hydrogen-bond acceptors (Lipinski definition) is 5. The first-order chi connectivity index (χ1) is 9.47. The van der Waals surface area contributed by atoms with Crippen molar-refractivity contribution in [3.63, 3.8) is 0 Å². The topological polar surface area (TPSA) is 64.8 Å². The molecule has 2 aromatic rings. The highest BCUT2D eigenvalue weighted by atomic mass is 35.7. The van der Waals surface area contributed by atoms with Gasteiger partial charge in [0, 0.05) is 22.6 Å². The van der Waals surface area contributed by atoms with Crippen molar-refractivity contribution >= 4 is 31.1 Å². The molecule has 8 heteroatoms. The Bertz CT molecular complexity index is 725. The third kappa shape index (κ3) is 2.49. The Morgan fingerprint density at radius 2 is 2.00 bits per heavy atom. The predicted octanol–water partition coefficient (Wildman–Crippen LogP) is 2.74. The molecule has 108 valence electrons. The highest BCUT2D eigenvalue weighted by Crippen LogP contribution is 2.34. The van der Waals surface area contributed by atoms with Gasteiger partial charge in [0.05, 0.1) is 4.88 Å². The van der Waals surface area contributed by atoms with Crippen LogP contribution in [0.5, 0.6) is 0 Å². The molecule has 0 aromatic carbocycles. The third-order valence-corrected chi connectivity index (χ3v) is 5.96. The molecular formula is C12H14ClN3O2S2. The van der Waals surface area contributed by atoms with E-state index in [1.54, 1.807) is 18.4 Å². The van der Waals surface area contributed by atoms with Gasteiger partial charge in [0.15, 0.2) is 5.82 Å². The Labute approximate surface area is 126 Å². The number of halogens is 1. The van der Waals surface area contributed by atoms with Crippen molar-refractivity contribution in [2.45, 2.75) is 37.3 Å². The van der Waals surface area contributed by atoms with Crippen LogP contribution in [0, 0.1) is 0 Å². The molecule has 1 aliphatic rings. The fourth-order valence-corrected chi connectivity index (χ4v) is 4.75. The quantitative estimate of drug-likeness (QED) is 0.627. The first kappa shape index (κ1) is 14.0. The molecule has 0 aliphatic heterocycles. The standard InChI is InChI=1S/C12H14ClN3O2S2/c1-16-11(14-15-12(16)20(13,17)18)10-7-8-5-3-2-4-6-9(8)19-10/h7H,2-6H2,1H3. The predicted molar refractivity (Wildman–Crippen MR) is 78.6 cm³/mol. The van der Waals surface area contributed by atoms with Gasteiger partial charge in [0.2, 0.25) is 0 Å². The summed E-state index contributed by atoms with van der Waals surface area (Å²) in [5, 5.41) is 7.46. The van der Waals surface area contributed by atoms with E-state index >= 15 is 0 Å². The smallest absolute Gasteiger partial charge is 0.296 e. The van der Waals surface area contributed by atoms with Gasteiger partial charge in [-0.05, 0) is 37.3 Å². The lowest BCUT2D eigenvalue weighted by molar-refractivity contribution is 0.593. The van der Waals surface area contributed by atoms with E-state index in [-0.39, 0.29) is 5.16 Å². The van der Waals surface area contributed by atoms with Crippen molar-refractivity contribution in [2.75, 3.05) is 0 Å². The lowest BCUT2D eigenvalue weighted by Crippen LogP contribution is -2.02. The molecule has 0 atom stereocenters. The molecule has 0 fully saturated rings. The summed E-state index contributed by atoms with van der Waals surface area (Å²) in [6, 6.07) is 2.11. The minimum Gasteiger partial charge on any atom is -0.299 e. The Morgan fingerprint density at radius 1 is 1.25 bits per heavy atom. The van der Waals surface area contributed by atoms with Crippen LogP contribution in [0.3, 0.4) is 0 Å². The van der Waals surface area contributed by atoms with Gasteiger partial charge in [0.25, 0.3) is 14.2 Å². The monoisotopic (exact) mass is 331 g/mol. The molecule has 0 spiro atoms. The van der Waals surface area contributed by atoms with Crippen LogP contribution in [0.2, 0.25) is 0 Å². The average Bonchev–Trinajstić information content (AvgIpc) is 2.87. The fraction of sp³-hybridized carbons (Fsp3) is 0.500. The van der Waals surface area contributed by atoms with Crippen molar-refractivity contribution in [3.8, 4) is 10.7 Å². The lowest BCUT2D eigenvalue weighted by atomic mass is 10.1. The lowest BCUT2D eigenvalue weighted by Gasteiger charge is -1.99. The number of hydrogen-bond donors (Lipinski definition) is 0. The summed E-state index contributed by atoms with van der Waals surface area (Å²) >= 11 is 1.68. The molecule has 1 aliphatic carbocycles. The normalized spacial score (nSPS) is 15.9. The molecule has 0 amide bonds. The van der Waals surface area contributed by atoms with E-state index in [2.05, 4.69) is 16.3 Å². The second-order valence-electron chi connectivity index (χ2n) is 4.92. The Balaban J connectivity index is 2.04. The molecule has 0 unspecified atom stereocenters. The van der Waals surface area contributed by atoms with Crippen LogP contribution in [-0.4, -0.2) is 23.2 Å². The first-order valence-corrected chi connectivity index (χ1v) is 9.55. The molecule has 0 N–H and O–H groups in total. The number of thiophene rings is 1. The van der Waals surface area contributed by atoms with Gasteiger partial charge in [-0.25, -0.2) is 8.42 Å². The first-order valence-electron chi connectivity index (χ1n) is 6.43. The highest BCUT2D eigenvalue weighted by Gasteiger charge is 2.23. The van der Waals surface area contributed by atoms with Crippen LogP contribution in [0.25, 0.3) is 10.7 Å². The number of rotatable bonds is 2. The number of fused-ring (bicyclic) bond motifs is 1. The summed E-state index contributed by atoms with van der Waals surface area (Å²) in [5.74, 6) is 0.558. The molecule has 3 rings (SSSR count). The van der Waals surface area contributed by atoms with E-state index < -0.39 is 9.05 Å². The average molecular weight is 332 g/mol. The maximum absolute atomic E-state index is 11.4. The second-order valence-corrected chi connectivity index (χ2v) is 8.52. The summed E-state index contributed by atoms with van der Waals surface area (Å²) in [6.07, 6.45) is 5.88. The van der Waals surface area contributed by atoms with Crippen molar-refractivity contribution in [1.29, 1.82) is 0 Å². The van der Waals surface area contributed by atoms with Crippen LogP contribution in [-0.2, 0) is 28.9 Å². The van der Waals surface area contributed by atoms with Crippen molar-refractivity contribution in [3.05, 3.63) is 16.5 Å². The summed E-state index contributed by atoms with van der Waals surface area (Å²) < 4.78 is 24.2. The molecule has 2 heterocycles. The number of aromatic nitrogens is 3.